The Morgan fingerprint density at radius 2 is 2.07 bits per heavy atom. The van der Waals surface area contributed by atoms with Crippen molar-refractivity contribution in [2.45, 2.75) is 20.0 Å². The molecule has 2 heterocycles. The number of nitrogens with zero attached hydrogens (tertiary/aromatic N) is 5. The van der Waals surface area contributed by atoms with Crippen LogP contribution in [-0.2, 0) is 17.9 Å². The third-order valence-corrected chi connectivity index (χ3v) is 4.07. The van der Waals surface area contributed by atoms with Crippen LogP contribution in [0.3, 0.4) is 0 Å². The summed E-state index contributed by atoms with van der Waals surface area (Å²) in [6.07, 6.45) is 5.75. The third-order valence-electron chi connectivity index (χ3n) is 3.88. The van der Waals surface area contributed by atoms with E-state index in [0.717, 1.165) is 11.8 Å². The number of nitro groups is 1. The maximum atomic E-state index is 12.4. The fourth-order valence-corrected chi connectivity index (χ4v) is 2.69. The zero-order valence-electron chi connectivity index (χ0n) is 14.4. The van der Waals surface area contributed by atoms with Crippen molar-refractivity contribution in [3.8, 4) is 0 Å². The number of nitrogens with one attached hydrogen (secondary N) is 1. The molecule has 3 aromatic rings. The molecule has 1 atom stereocenters. The molecule has 3 rings (SSSR count). The molecule has 0 aliphatic heterocycles. The second kappa shape index (κ2) is 8.00. The first kappa shape index (κ1) is 18.6. The predicted molar refractivity (Wildman–Crippen MR) is 99.5 cm³/mol. The molecule has 0 saturated heterocycles. The molecular weight excluding hydrogens is 372 g/mol. The summed E-state index contributed by atoms with van der Waals surface area (Å²) in [6.45, 7) is 2.51. The highest BCUT2D eigenvalue weighted by Gasteiger charge is 2.16. The summed E-state index contributed by atoms with van der Waals surface area (Å²) in [5.41, 5.74) is 1.52. The van der Waals surface area contributed by atoms with E-state index in [9.17, 15) is 14.9 Å². The maximum absolute atomic E-state index is 12.4. The van der Waals surface area contributed by atoms with E-state index in [1.165, 1.54) is 10.9 Å². The Balaban J connectivity index is 1.60. The highest BCUT2D eigenvalue weighted by molar-refractivity contribution is 6.30. The molecule has 1 N–H and O–H groups in total. The Morgan fingerprint density at radius 3 is 2.74 bits per heavy atom. The normalized spacial score (nSPS) is 11.9. The van der Waals surface area contributed by atoms with Crippen LogP contribution in [0.4, 0.5) is 11.4 Å². The number of halogens is 1. The van der Waals surface area contributed by atoms with E-state index in [0.29, 0.717) is 17.3 Å². The number of aromatic nitrogens is 4. The molecule has 0 radical (unpaired) electrons. The highest BCUT2D eigenvalue weighted by atomic mass is 35.5. The van der Waals surface area contributed by atoms with Crippen molar-refractivity contribution in [1.29, 1.82) is 0 Å². The Hall–Kier alpha value is -3.20. The molecule has 0 saturated carbocycles. The molecular formula is C17H17ClN6O3. The van der Waals surface area contributed by atoms with Gasteiger partial charge in [0.15, 0.2) is 0 Å². The van der Waals surface area contributed by atoms with Gasteiger partial charge < -0.3 is 5.32 Å². The summed E-state index contributed by atoms with van der Waals surface area (Å²) in [4.78, 5) is 22.6. The number of benzene rings is 1. The lowest BCUT2D eigenvalue weighted by molar-refractivity contribution is -0.385. The molecule has 1 aromatic carbocycles. The van der Waals surface area contributed by atoms with Gasteiger partial charge in [0.25, 0.3) is 0 Å². The molecule has 9 nitrogen and oxygen atoms in total. The lowest BCUT2D eigenvalue weighted by Gasteiger charge is -2.13. The summed E-state index contributed by atoms with van der Waals surface area (Å²) < 4.78 is 3.09. The summed E-state index contributed by atoms with van der Waals surface area (Å²) in [6, 6.07) is 7.43. The molecule has 27 heavy (non-hydrogen) atoms. The van der Waals surface area contributed by atoms with Crippen molar-refractivity contribution in [2.24, 2.45) is 5.92 Å². The Kier molecular flexibility index (Phi) is 5.51. The van der Waals surface area contributed by atoms with Gasteiger partial charge in [-0.1, -0.05) is 30.7 Å². The van der Waals surface area contributed by atoms with Crippen molar-refractivity contribution in [3.05, 3.63) is 69.8 Å². The van der Waals surface area contributed by atoms with Gasteiger partial charge in [0.2, 0.25) is 5.91 Å². The van der Waals surface area contributed by atoms with Gasteiger partial charge in [0.1, 0.15) is 12.4 Å². The maximum Gasteiger partial charge on any atom is 0.306 e. The van der Waals surface area contributed by atoms with Crippen molar-refractivity contribution >= 4 is 28.9 Å². The zero-order valence-corrected chi connectivity index (χ0v) is 15.2. The summed E-state index contributed by atoms with van der Waals surface area (Å²) in [5.74, 6) is -0.620. The topological polar surface area (TPSA) is 108 Å². The fraction of sp³-hybridized carbons (Fsp3) is 0.235. The fourth-order valence-electron chi connectivity index (χ4n) is 2.54. The number of hydrogen-bond acceptors (Lipinski definition) is 5. The Morgan fingerprint density at radius 1 is 1.30 bits per heavy atom. The highest BCUT2D eigenvalue weighted by Crippen LogP contribution is 2.15. The van der Waals surface area contributed by atoms with Crippen LogP contribution in [0.5, 0.6) is 0 Å². The second-order valence-corrected chi connectivity index (χ2v) is 6.56. The minimum absolute atomic E-state index is 0.103. The summed E-state index contributed by atoms with van der Waals surface area (Å²) in [7, 11) is 0. The molecule has 0 aliphatic carbocycles. The average molecular weight is 389 g/mol. The van der Waals surface area contributed by atoms with E-state index in [1.807, 2.05) is 18.2 Å². The van der Waals surface area contributed by atoms with Crippen LogP contribution < -0.4 is 5.32 Å². The van der Waals surface area contributed by atoms with Crippen LogP contribution in [0.15, 0.2) is 49.1 Å². The van der Waals surface area contributed by atoms with Crippen LogP contribution in [0.1, 0.15) is 12.5 Å². The van der Waals surface area contributed by atoms with Crippen molar-refractivity contribution < 1.29 is 9.72 Å². The monoisotopic (exact) mass is 388 g/mol. The van der Waals surface area contributed by atoms with Crippen LogP contribution in [0, 0.1) is 16.0 Å². The largest absolute Gasteiger partial charge is 0.326 e. The van der Waals surface area contributed by atoms with Crippen LogP contribution in [0.25, 0.3) is 0 Å². The second-order valence-electron chi connectivity index (χ2n) is 6.12. The van der Waals surface area contributed by atoms with Crippen molar-refractivity contribution in [2.75, 3.05) is 5.32 Å². The Bertz CT molecular complexity index is 967. The van der Waals surface area contributed by atoms with Gasteiger partial charge in [-0.05, 0) is 17.7 Å². The zero-order chi connectivity index (χ0) is 19.4. The van der Waals surface area contributed by atoms with Crippen molar-refractivity contribution in [3.63, 3.8) is 0 Å². The van der Waals surface area contributed by atoms with Crippen LogP contribution >= 0.6 is 11.6 Å². The SMILES string of the molecule is CC(Cn1cc([N+](=O)[O-])cn1)C(=O)Nc1cccc(Cn2cc(Cl)cn2)c1. The minimum atomic E-state index is -0.521. The molecule has 0 aliphatic rings. The minimum Gasteiger partial charge on any atom is -0.326 e. The number of anilines is 1. The van der Waals surface area contributed by atoms with Crippen molar-refractivity contribution in [1.82, 2.24) is 19.6 Å². The van der Waals surface area contributed by atoms with E-state index in [-0.39, 0.29) is 18.1 Å². The standard InChI is InChI=1S/C17H17ClN6O3/c1-12(8-22-11-16(7-20-22)24(26)27)17(25)21-15-4-2-3-13(5-15)9-23-10-14(18)6-19-23/h2-7,10-12H,8-9H2,1H3,(H,21,25). The first-order valence-corrected chi connectivity index (χ1v) is 8.53. The van der Waals surface area contributed by atoms with Gasteiger partial charge in [-0.15, -0.1) is 0 Å². The number of carbonyl (C=O) groups is 1. The Labute approximate surface area is 159 Å². The molecule has 0 fully saturated rings. The van der Waals surface area contributed by atoms with Gasteiger partial charge in [0.05, 0.1) is 35.2 Å². The summed E-state index contributed by atoms with van der Waals surface area (Å²) >= 11 is 5.86. The molecule has 1 unspecified atom stereocenters. The molecule has 10 heteroatoms. The molecule has 0 spiro atoms. The molecule has 2 aromatic heterocycles. The van der Waals surface area contributed by atoms with Gasteiger partial charge in [0, 0.05) is 11.9 Å². The smallest absolute Gasteiger partial charge is 0.306 e. The predicted octanol–water partition coefficient (Wildman–Crippen LogP) is 2.96. The third kappa shape index (κ3) is 4.91. The number of carbonyl (C=O) groups excluding carboxylic acids is 1. The average Bonchev–Trinajstić information content (AvgIpc) is 3.24. The lowest BCUT2D eigenvalue weighted by Crippen LogP contribution is -2.24. The van der Waals surface area contributed by atoms with E-state index in [4.69, 9.17) is 11.6 Å². The first-order chi connectivity index (χ1) is 12.9. The number of amides is 1. The lowest BCUT2D eigenvalue weighted by atomic mass is 10.1. The summed E-state index contributed by atoms with van der Waals surface area (Å²) in [5, 5.41) is 22.1. The van der Waals surface area contributed by atoms with Gasteiger partial charge in [-0.2, -0.15) is 10.2 Å². The number of hydrogen-bond donors (Lipinski definition) is 1. The van der Waals surface area contributed by atoms with Crippen LogP contribution in [0.2, 0.25) is 5.02 Å². The van der Waals surface area contributed by atoms with Gasteiger partial charge in [-0.3, -0.25) is 24.3 Å². The van der Waals surface area contributed by atoms with E-state index >= 15 is 0 Å². The van der Waals surface area contributed by atoms with E-state index in [2.05, 4.69) is 15.5 Å². The van der Waals surface area contributed by atoms with E-state index in [1.54, 1.807) is 30.1 Å². The van der Waals surface area contributed by atoms with Gasteiger partial charge >= 0.3 is 5.69 Å². The van der Waals surface area contributed by atoms with Crippen LogP contribution in [-0.4, -0.2) is 30.4 Å². The van der Waals surface area contributed by atoms with Gasteiger partial charge in [-0.25, -0.2) is 0 Å². The molecule has 140 valence electrons. The first-order valence-electron chi connectivity index (χ1n) is 8.15. The molecule has 0 bridgehead atoms. The molecule has 1 amide bonds. The number of rotatable bonds is 7. The quantitative estimate of drug-likeness (QED) is 0.494. The van der Waals surface area contributed by atoms with E-state index < -0.39 is 10.8 Å².